The Bertz CT molecular complexity index is 1380. The SMILES string of the molecule is CCC(=O)c1nnc(-c2ccc(Oc3cc(O[C@@H](C)COC)cc(C(=O)Nc4ccn(C)n4)c3)cn2)o1. The molecule has 0 unspecified atom stereocenters. The minimum Gasteiger partial charge on any atom is -0.488 e. The first-order valence-electron chi connectivity index (χ1n) is 11.5. The number of aryl methyl sites for hydroxylation is 1. The van der Waals surface area contributed by atoms with Crippen LogP contribution in [0.1, 0.15) is 41.3 Å². The van der Waals surface area contributed by atoms with Crippen LogP contribution in [0.2, 0.25) is 0 Å². The molecule has 3 heterocycles. The highest BCUT2D eigenvalue weighted by Crippen LogP contribution is 2.29. The Morgan fingerprint density at radius 1 is 1.11 bits per heavy atom. The van der Waals surface area contributed by atoms with Gasteiger partial charge in [0.25, 0.3) is 17.7 Å². The van der Waals surface area contributed by atoms with E-state index in [2.05, 4.69) is 25.6 Å². The number of nitrogens with one attached hydrogen (secondary N) is 1. The van der Waals surface area contributed by atoms with E-state index >= 15 is 0 Å². The van der Waals surface area contributed by atoms with Gasteiger partial charge in [-0.3, -0.25) is 14.3 Å². The first-order valence-corrected chi connectivity index (χ1v) is 11.5. The van der Waals surface area contributed by atoms with Crippen molar-refractivity contribution in [3.63, 3.8) is 0 Å². The topological polar surface area (TPSA) is 143 Å². The van der Waals surface area contributed by atoms with Gasteiger partial charge in [-0.1, -0.05) is 6.92 Å². The summed E-state index contributed by atoms with van der Waals surface area (Å²) in [6.07, 6.45) is 3.20. The van der Waals surface area contributed by atoms with E-state index in [1.807, 2.05) is 6.92 Å². The van der Waals surface area contributed by atoms with Gasteiger partial charge in [-0.25, -0.2) is 4.98 Å². The number of pyridine rings is 1. The van der Waals surface area contributed by atoms with E-state index < -0.39 is 0 Å². The summed E-state index contributed by atoms with van der Waals surface area (Å²) < 4.78 is 24.0. The van der Waals surface area contributed by atoms with Crippen molar-refractivity contribution in [1.82, 2.24) is 25.0 Å². The monoisotopic (exact) mass is 506 g/mol. The third-order valence-electron chi connectivity index (χ3n) is 5.01. The molecule has 1 aromatic carbocycles. The third-order valence-corrected chi connectivity index (χ3v) is 5.01. The number of aromatic nitrogens is 5. The average Bonchev–Trinajstić information content (AvgIpc) is 3.53. The van der Waals surface area contributed by atoms with Gasteiger partial charge in [0, 0.05) is 44.5 Å². The first-order chi connectivity index (χ1) is 17.8. The molecule has 1 N–H and O–H groups in total. The van der Waals surface area contributed by atoms with Gasteiger partial charge in [0.1, 0.15) is 29.0 Å². The van der Waals surface area contributed by atoms with Crippen molar-refractivity contribution >= 4 is 17.5 Å². The number of nitrogens with zero attached hydrogens (tertiary/aromatic N) is 5. The van der Waals surface area contributed by atoms with E-state index in [9.17, 15) is 9.59 Å². The van der Waals surface area contributed by atoms with E-state index in [1.165, 1.54) is 6.20 Å². The van der Waals surface area contributed by atoms with Crippen LogP contribution in [0.3, 0.4) is 0 Å². The summed E-state index contributed by atoms with van der Waals surface area (Å²) in [5, 5.41) is 14.5. The van der Waals surface area contributed by atoms with Crippen molar-refractivity contribution in [1.29, 1.82) is 0 Å². The number of benzene rings is 1. The Kier molecular flexibility index (Phi) is 7.89. The maximum atomic E-state index is 12.9. The number of rotatable bonds is 11. The van der Waals surface area contributed by atoms with Crippen LogP contribution in [0, 0.1) is 0 Å². The Labute approximate surface area is 212 Å². The second-order valence-electron chi connectivity index (χ2n) is 8.08. The molecule has 0 radical (unpaired) electrons. The largest absolute Gasteiger partial charge is 0.488 e. The Morgan fingerprint density at radius 2 is 1.92 bits per heavy atom. The van der Waals surface area contributed by atoms with Crippen LogP contribution in [-0.2, 0) is 11.8 Å². The summed E-state index contributed by atoms with van der Waals surface area (Å²) in [4.78, 5) is 28.9. The summed E-state index contributed by atoms with van der Waals surface area (Å²) in [6, 6.07) is 9.83. The van der Waals surface area contributed by atoms with Crippen molar-refractivity contribution < 1.29 is 28.2 Å². The minimum absolute atomic E-state index is 0.0596. The smallest absolute Gasteiger partial charge is 0.284 e. The van der Waals surface area contributed by atoms with Gasteiger partial charge in [0.2, 0.25) is 5.78 Å². The second-order valence-corrected chi connectivity index (χ2v) is 8.08. The second kappa shape index (κ2) is 11.4. The van der Waals surface area contributed by atoms with E-state index in [-0.39, 0.29) is 36.0 Å². The number of ether oxygens (including phenoxy) is 3. The molecule has 37 heavy (non-hydrogen) atoms. The first kappa shape index (κ1) is 25.5. The number of methoxy groups -OCH3 is 1. The molecule has 4 aromatic rings. The molecule has 12 heteroatoms. The van der Waals surface area contributed by atoms with E-state index in [4.69, 9.17) is 18.6 Å². The minimum atomic E-state index is -0.379. The van der Waals surface area contributed by atoms with Gasteiger partial charge in [-0.2, -0.15) is 5.10 Å². The van der Waals surface area contributed by atoms with Crippen LogP contribution < -0.4 is 14.8 Å². The standard InChI is InChI=1S/C25H26N6O6/c1-5-21(32)25-29-28-24(37-25)20-7-6-17(13-26-20)36-19-11-16(10-18(12-19)35-15(2)14-34-4)23(33)27-22-8-9-31(3)30-22/h6-13,15H,5,14H2,1-4H3,(H,27,30,33)/t15-/m0/s1. The van der Waals surface area contributed by atoms with Crippen LogP contribution >= 0.6 is 0 Å². The number of amides is 1. The summed E-state index contributed by atoms with van der Waals surface area (Å²) >= 11 is 0. The maximum Gasteiger partial charge on any atom is 0.284 e. The fourth-order valence-corrected chi connectivity index (χ4v) is 3.29. The molecule has 0 saturated carbocycles. The lowest BCUT2D eigenvalue weighted by atomic mass is 10.2. The molecule has 0 fully saturated rings. The highest BCUT2D eigenvalue weighted by atomic mass is 16.5. The molecular formula is C25H26N6O6. The van der Waals surface area contributed by atoms with E-state index in [0.29, 0.717) is 40.9 Å². The molecular weight excluding hydrogens is 480 g/mol. The number of anilines is 1. The normalized spacial score (nSPS) is 11.7. The van der Waals surface area contributed by atoms with Crippen molar-refractivity contribution in [2.24, 2.45) is 7.05 Å². The summed E-state index contributed by atoms with van der Waals surface area (Å²) in [7, 11) is 3.34. The maximum absolute atomic E-state index is 12.9. The molecule has 0 saturated heterocycles. The fourth-order valence-electron chi connectivity index (χ4n) is 3.29. The molecule has 0 aliphatic carbocycles. The quantitative estimate of drug-likeness (QED) is 0.297. The van der Waals surface area contributed by atoms with Crippen LogP contribution in [0.15, 0.2) is 53.2 Å². The molecule has 0 aliphatic heterocycles. The van der Waals surface area contributed by atoms with Crippen molar-refractivity contribution in [2.75, 3.05) is 19.0 Å². The summed E-state index contributed by atoms with van der Waals surface area (Å²) in [5.74, 6) is 1.03. The zero-order valence-corrected chi connectivity index (χ0v) is 20.8. The third kappa shape index (κ3) is 6.55. The molecule has 0 aliphatic rings. The number of hydrogen-bond acceptors (Lipinski definition) is 10. The zero-order chi connectivity index (χ0) is 26.4. The summed E-state index contributed by atoms with van der Waals surface area (Å²) in [6.45, 7) is 3.93. The Balaban J connectivity index is 1.55. The predicted octanol–water partition coefficient (Wildman–Crippen LogP) is 3.92. The number of carbonyl (C=O) groups is 2. The summed E-state index contributed by atoms with van der Waals surface area (Å²) in [5.41, 5.74) is 0.697. The van der Waals surface area contributed by atoms with Gasteiger partial charge in [0.05, 0.1) is 12.8 Å². The molecule has 0 bridgehead atoms. The highest BCUT2D eigenvalue weighted by molar-refractivity contribution is 6.04. The van der Waals surface area contributed by atoms with Gasteiger partial charge < -0.3 is 23.9 Å². The number of carbonyl (C=O) groups excluding carboxylic acids is 2. The van der Waals surface area contributed by atoms with Crippen LogP contribution in [-0.4, -0.2) is 56.5 Å². The zero-order valence-electron chi connectivity index (χ0n) is 20.8. The van der Waals surface area contributed by atoms with E-state index in [1.54, 1.807) is 68.4 Å². The van der Waals surface area contributed by atoms with Crippen molar-refractivity contribution in [2.45, 2.75) is 26.4 Å². The molecule has 1 amide bonds. The molecule has 0 spiro atoms. The molecule has 3 aromatic heterocycles. The van der Waals surface area contributed by atoms with Crippen LogP contribution in [0.25, 0.3) is 11.6 Å². The average molecular weight is 507 g/mol. The lowest BCUT2D eigenvalue weighted by molar-refractivity contribution is 0.0915. The molecule has 4 rings (SSSR count). The van der Waals surface area contributed by atoms with Gasteiger partial charge in [-0.15, -0.1) is 10.2 Å². The lowest BCUT2D eigenvalue weighted by Crippen LogP contribution is -2.18. The Hall–Kier alpha value is -4.58. The highest BCUT2D eigenvalue weighted by Gasteiger charge is 2.16. The Morgan fingerprint density at radius 3 is 2.59 bits per heavy atom. The lowest BCUT2D eigenvalue weighted by Gasteiger charge is -2.16. The molecule has 1 atom stereocenters. The van der Waals surface area contributed by atoms with Gasteiger partial charge in [-0.05, 0) is 31.2 Å². The predicted molar refractivity (Wildman–Crippen MR) is 132 cm³/mol. The van der Waals surface area contributed by atoms with Crippen molar-refractivity contribution in [3.8, 4) is 28.8 Å². The molecule has 12 nitrogen and oxygen atoms in total. The van der Waals surface area contributed by atoms with E-state index in [0.717, 1.165) is 0 Å². The number of hydrogen-bond donors (Lipinski definition) is 1. The van der Waals surface area contributed by atoms with Crippen LogP contribution in [0.4, 0.5) is 5.82 Å². The van der Waals surface area contributed by atoms with Gasteiger partial charge >= 0.3 is 0 Å². The fraction of sp³-hybridized carbons (Fsp3) is 0.280. The van der Waals surface area contributed by atoms with Crippen molar-refractivity contribution in [3.05, 3.63) is 60.2 Å². The number of ketones is 1. The molecule has 192 valence electrons. The van der Waals surface area contributed by atoms with Gasteiger partial charge in [0.15, 0.2) is 5.82 Å². The number of Topliss-reactive ketones (excluding diaryl/α,β-unsaturated/α-hetero) is 1. The van der Waals surface area contributed by atoms with Crippen LogP contribution in [0.5, 0.6) is 17.2 Å².